The van der Waals surface area contributed by atoms with Crippen molar-refractivity contribution in [1.29, 1.82) is 0 Å². The molecule has 1 aromatic carbocycles. The fourth-order valence-electron chi connectivity index (χ4n) is 3.39. The summed E-state index contributed by atoms with van der Waals surface area (Å²) < 4.78 is 2.00. The molecule has 2 amide bonds. The summed E-state index contributed by atoms with van der Waals surface area (Å²) in [4.78, 5) is 23.5. The Morgan fingerprint density at radius 2 is 1.72 bits per heavy atom. The lowest BCUT2D eigenvalue weighted by atomic mass is 9.78. The van der Waals surface area contributed by atoms with Crippen LogP contribution in [0.2, 0.25) is 0 Å². The molecule has 25 heavy (non-hydrogen) atoms. The van der Waals surface area contributed by atoms with Crippen LogP contribution in [-0.2, 0) is 9.59 Å². The number of anilines is 2. The number of aryl methyl sites for hydroxylation is 2. The van der Waals surface area contributed by atoms with Crippen LogP contribution in [-0.4, -0.2) is 26.6 Å². The quantitative estimate of drug-likeness (QED) is 0.875. The van der Waals surface area contributed by atoms with Gasteiger partial charge in [-0.15, -0.1) is 10.2 Å². The molecule has 7 nitrogen and oxygen atoms in total. The fourth-order valence-corrected chi connectivity index (χ4v) is 3.39. The summed E-state index contributed by atoms with van der Waals surface area (Å²) >= 11 is 0. The van der Waals surface area contributed by atoms with Crippen LogP contribution < -0.4 is 10.6 Å². The SMILES string of the molecule is CC(=O)Nc1c(C)cc(NC(=O)CC2CC(n3cnnc3)C2)cc1C. The van der Waals surface area contributed by atoms with E-state index in [-0.39, 0.29) is 11.8 Å². The standard InChI is InChI=1S/C18H23N5O2/c1-11-4-15(5-12(2)18(11)21-13(3)24)22-17(25)8-14-6-16(7-14)23-9-19-20-10-23/h4-5,9-10,14,16H,6-8H2,1-3H3,(H,21,24)(H,22,25). The molecule has 0 atom stereocenters. The maximum Gasteiger partial charge on any atom is 0.224 e. The first-order valence-electron chi connectivity index (χ1n) is 8.45. The molecule has 0 radical (unpaired) electrons. The Balaban J connectivity index is 1.54. The summed E-state index contributed by atoms with van der Waals surface area (Å²) in [6, 6.07) is 4.18. The number of rotatable bonds is 5. The highest BCUT2D eigenvalue weighted by atomic mass is 16.2. The number of hydrogen-bond donors (Lipinski definition) is 2. The third-order valence-corrected chi connectivity index (χ3v) is 4.66. The average molecular weight is 341 g/mol. The number of amides is 2. The lowest BCUT2D eigenvalue weighted by Crippen LogP contribution is -2.29. The van der Waals surface area contributed by atoms with Gasteiger partial charge in [0.2, 0.25) is 11.8 Å². The molecule has 0 aliphatic heterocycles. The molecule has 132 valence electrons. The molecule has 3 rings (SSSR count). The van der Waals surface area contributed by atoms with E-state index in [9.17, 15) is 9.59 Å². The molecule has 2 N–H and O–H groups in total. The first-order chi connectivity index (χ1) is 11.9. The smallest absolute Gasteiger partial charge is 0.224 e. The van der Waals surface area contributed by atoms with Gasteiger partial charge in [0.05, 0.1) is 0 Å². The van der Waals surface area contributed by atoms with Gasteiger partial charge in [-0.2, -0.15) is 0 Å². The highest BCUT2D eigenvalue weighted by molar-refractivity contribution is 5.94. The van der Waals surface area contributed by atoms with Gasteiger partial charge in [0.25, 0.3) is 0 Å². The largest absolute Gasteiger partial charge is 0.326 e. The highest BCUT2D eigenvalue weighted by Gasteiger charge is 2.31. The van der Waals surface area contributed by atoms with Crippen molar-refractivity contribution in [3.8, 4) is 0 Å². The van der Waals surface area contributed by atoms with Crippen molar-refractivity contribution in [2.45, 2.75) is 46.1 Å². The van der Waals surface area contributed by atoms with Gasteiger partial charge in [-0.25, -0.2) is 0 Å². The van der Waals surface area contributed by atoms with E-state index in [1.165, 1.54) is 6.92 Å². The number of aromatic nitrogens is 3. The summed E-state index contributed by atoms with van der Waals surface area (Å²) in [5, 5.41) is 13.4. The van der Waals surface area contributed by atoms with Crippen LogP contribution in [0.15, 0.2) is 24.8 Å². The number of hydrogen-bond acceptors (Lipinski definition) is 4. The molecule has 0 bridgehead atoms. The molecule has 0 saturated heterocycles. The minimum Gasteiger partial charge on any atom is -0.326 e. The summed E-state index contributed by atoms with van der Waals surface area (Å²) in [6.45, 7) is 5.33. The predicted octanol–water partition coefficient (Wildman–Crippen LogP) is 2.83. The molecule has 1 aliphatic rings. The third-order valence-electron chi connectivity index (χ3n) is 4.66. The van der Waals surface area contributed by atoms with E-state index in [1.807, 2.05) is 30.5 Å². The van der Waals surface area contributed by atoms with Crippen molar-refractivity contribution in [2.75, 3.05) is 10.6 Å². The van der Waals surface area contributed by atoms with Crippen molar-refractivity contribution in [3.05, 3.63) is 35.9 Å². The van der Waals surface area contributed by atoms with E-state index >= 15 is 0 Å². The van der Waals surface area contributed by atoms with Gasteiger partial charge in [0.1, 0.15) is 12.7 Å². The number of benzene rings is 1. The van der Waals surface area contributed by atoms with Crippen molar-refractivity contribution in [2.24, 2.45) is 5.92 Å². The Bertz CT molecular complexity index is 756. The zero-order valence-corrected chi connectivity index (χ0v) is 14.7. The van der Waals surface area contributed by atoms with Gasteiger partial charge in [0.15, 0.2) is 0 Å². The molecular formula is C18H23N5O2. The molecule has 0 unspecified atom stereocenters. The van der Waals surface area contributed by atoms with Crippen LogP contribution in [0.3, 0.4) is 0 Å². The summed E-state index contributed by atoms with van der Waals surface area (Å²) in [5.74, 6) is 0.321. The molecule has 1 aliphatic carbocycles. The van der Waals surface area contributed by atoms with E-state index in [0.29, 0.717) is 18.4 Å². The Labute approximate surface area is 146 Å². The molecular weight excluding hydrogens is 318 g/mol. The average Bonchev–Trinajstić information content (AvgIpc) is 3.00. The molecule has 1 fully saturated rings. The number of carbonyl (C=O) groups is 2. The van der Waals surface area contributed by atoms with Crippen molar-refractivity contribution >= 4 is 23.2 Å². The van der Waals surface area contributed by atoms with Crippen LogP contribution in [0.1, 0.15) is 43.4 Å². The maximum absolute atomic E-state index is 12.3. The minimum atomic E-state index is -0.101. The van der Waals surface area contributed by atoms with Gasteiger partial charge in [-0.1, -0.05) is 0 Å². The number of carbonyl (C=O) groups excluding carboxylic acids is 2. The fraction of sp³-hybridized carbons (Fsp3) is 0.444. The monoisotopic (exact) mass is 341 g/mol. The topological polar surface area (TPSA) is 88.9 Å². The second-order valence-corrected chi connectivity index (χ2v) is 6.82. The lowest BCUT2D eigenvalue weighted by Gasteiger charge is -2.35. The summed E-state index contributed by atoms with van der Waals surface area (Å²) in [7, 11) is 0. The Kier molecular flexibility index (Phi) is 4.83. The maximum atomic E-state index is 12.3. The van der Waals surface area contributed by atoms with Crippen LogP contribution in [0.5, 0.6) is 0 Å². The van der Waals surface area contributed by atoms with E-state index in [1.54, 1.807) is 12.7 Å². The lowest BCUT2D eigenvalue weighted by molar-refractivity contribution is -0.118. The number of nitrogens with zero attached hydrogens (tertiary/aromatic N) is 3. The normalized spacial score (nSPS) is 19.2. The summed E-state index contributed by atoms with van der Waals surface area (Å²) in [6.07, 6.45) is 5.92. The molecule has 0 spiro atoms. The van der Waals surface area contributed by atoms with Gasteiger partial charge < -0.3 is 15.2 Å². The molecule has 1 aromatic heterocycles. The highest BCUT2D eigenvalue weighted by Crippen LogP contribution is 2.39. The second kappa shape index (κ2) is 7.04. The van der Waals surface area contributed by atoms with Crippen LogP contribution >= 0.6 is 0 Å². The molecule has 2 aromatic rings. The zero-order chi connectivity index (χ0) is 18.0. The van der Waals surface area contributed by atoms with E-state index in [2.05, 4.69) is 20.8 Å². The van der Waals surface area contributed by atoms with Crippen molar-refractivity contribution in [1.82, 2.24) is 14.8 Å². The second-order valence-electron chi connectivity index (χ2n) is 6.82. The summed E-state index contributed by atoms with van der Waals surface area (Å²) in [5.41, 5.74) is 3.44. The molecule has 1 saturated carbocycles. The van der Waals surface area contributed by atoms with Crippen molar-refractivity contribution < 1.29 is 9.59 Å². The van der Waals surface area contributed by atoms with E-state index in [0.717, 1.165) is 35.3 Å². The van der Waals surface area contributed by atoms with Gasteiger partial charge in [-0.05, 0) is 55.9 Å². The van der Waals surface area contributed by atoms with Crippen LogP contribution in [0.4, 0.5) is 11.4 Å². The van der Waals surface area contributed by atoms with E-state index < -0.39 is 0 Å². The predicted molar refractivity (Wildman–Crippen MR) is 95.2 cm³/mol. The van der Waals surface area contributed by atoms with Crippen LogP contribution in [0.25, 0.3) is 0 Å². The first-order valence-corrected chi connectivity index (χ1v) is 8.45. The molecule has 7 heteroatoms. The first kappa shape index (κ1) is 17.1. The van der Waals surface area contributed by atoms with Gasteiger partial charge >= 0.3 is 0 Å². The minimum absolute atomic E-state index is 0.0262. The third kappa shape index (κ3) is 4.04. The van der Waals surface area contributed by atoms with Gasteiger partial charge in [-0.3, -0.25) is 9.59 Å². The number of nitrogens with one attached hydrogen (secondary N) is 2. The van der Waals surface area contributed by atoms with Gasteiger partial charge in [0, 0.05) is 30.8 Å². The Hall–Kier alpha value is -2.70. The van der Waals surface area contributed by atoms with E-state index in [4.69, 9.17) is 0 Å². The zero-order valence-electron chi connectivity index (χ0n) is 14.7. The molecule has 1 heterocycles. The Morgan fingerprint density at radius 1 is 1.12 bits per heavy atom. The van der Waals surface area contributed by atoms with Crippen LogP contribution in [0, 0.1) is 19.8 Å². The van der Waals surface area contributed by atoms with Crippen molar-refractivity contribution in [3.63, 3.8) is 0 Å². The Morgan fingerprint density at radius 3 is 2.28 bits per heavy atom.